The second-order valence-corrected chi connectivity index (χ2v) is 7.81. The van der Waals surface area contributed by atoms with Crippen molar-refractivity contribution in [2.45, 2.75) is 12.8 Å². The lowest BCUT2D eigenvalue weighted by molar-refractivity contribution is -0.120. The van der Waals surface area contributed by atoms with Crippen LogP contribution >= 0.6 is 22.9 Å². The van der Waals surface area contributed by atoms with Gasteiger partial charge in [-0.1, -0.05) is 22.9 Å². The van der Waals surface area contributed by atoms with E-state index < -0.39 is 0 Å². The number of aromatic nitrogens is 1. The molecule has 0 atom stereocenters. The van der Waals surface area contributed by atoms with Gasteiger partial charge in [-0.05, 0) is 55.3 Å². The van der Waals surface area contributed by atoms with Crippen LogP contribution in [0.5, 0.6) is 0 Å². The minimum atomic E-state index is -0.245. The highest BCUT2D eigenvalue weighted by Gasteiger charge is 2.26. The zero-order valence-corrected chi connectivity index (χ0v) is 15.5. The molecule has 1 fully saturated rings. The number of carbonyl (C=O) groups is 1. The Hall–Kier alpha value is -2.18. The summed E-state index contributed by atoms with van der Waals surface area (Å²) in [6, 6.07) is 11.8. The maximum absolute atomic E-state index is 13.3. The van der Waals surface area contributed by atoms with Gasteiger partial charge in [0, 0.05) is 29.7 Å². The SMILES string of the molecule is O=C(Nc1ccc(Cl)cc1)C1CCN(c2nc3ccc(F)cc3s2)CC1. The Kier molecular flexibility index (Phi) is 4.78. The number of amides is 1. The van der Waals surface area contributed by atoms with E-state index in [0.29, 0.717) is 5.02 Å². The lowest BCUT2D eigenvalue weighted by Gasteiger charge is -2.31. The van der Waals surface area contributed by atoms with Crippen LogP contribution in [0, 0.1) is 11.7 Å². The first-order chi connectivity index (χ1) is 12.6. The number of nitrogens with zero attached hydrogens (tertiary/aromatic N) is 2. The van der Waals surface area contributed by atoms with Crippen molar-refractivity contribution < 1.29 is 9.18 Å². The molecule has 0 saturated carbocycles. The van der Waals surface area contributed by atoms with Crippen molar-refractivity contribution in [3.05, 3.63) is 53.3 Å². The van der Waals surface area contributed by atoms with Gasteiger partial charge >= 0.3 is 0 Å². The third kappa shape index (κ3) is 3.66. The lowest BCUT2D eigenvalue weighted by atomic mass is 9.96. The van der Waals surface area contributed by atoms with Crippen molar-refractivity contribution in [1.29, 1.82) is 0 Å². The Balaban J connectivity index is 1.38. The zero-order valence-electron chi connectivity index (χ0n) is 13.9. The molecule has 4 nitrogen and oxygen atoms in total. The van der Waals surface area contributed by atoms with E-state index in [-0.39, 0.29) is 17.6 Å². The molecule has 2 heterocycles. The molecule has 7 heteroatoms. The number of thiazole rings is 1. The van der Waals surface area contributed by atoms with Gasteiger partial charge < -0.3 is 10.2 Å². The van der Waals surface area contributed by atoms with Gasteiger partial charge in [-0.25, -0.2) is 9.37 Å². The van der Waals surface area contributed by atoms with Gasteiger partial charge in [0.25, 0.3) is 0 Å². The van der Waals surface area contributed by atoms with Crippen molar-refractivity contribution in [3.63, 3.8) is 0 Å². The smallest absolute Gasteiger partial charge is 0.227 e. The van der Waals surface area contributed by atoms with Gasteiger partial charge in [0.15, 0.2) is 5.13 Å². The van der Waals surface area contributed by atoms with E-state index >= 15 is 0 Å². The molecule has 1 saturated heterocycles. The molecule has 1 amide bonds. The molecule has 3 aromatic rings. The molecule has 1 N–H and O–H groups in total. The molecule has 0 aliphatic carbocycles. The highest BCUT2D eigenvalue weighted by Crippen LogP contribution is 2.32. The fourth-order valence-electron chi connectivity index (χ4n) is 3.13. The van der Waals surface area contributed by atoms with Crippen molar-refractivity contribution in [2.75, 3.05) is 23.3 Å². The summed E-state index contributed by atoms with van der Waals surface area (Å²) in [5.41, 5.74) is 1.57. The Morgan fingerprint density at radius 2 is 1.92 bits per heavy atom. The average molecular weight is 390 g/mol. The van der Waals surface area contributed by atoms with Gasteiger partial charge in [0.2, 0.25) is 5.91 Å². The summed E-state index contributed by atoms with van der Waals surface area (Å²) >= 11 is 7.36. The summed E-state index contributed by atoms with van der Waals surface area (Å²) in [5, 5.41) is 4.49. The van der Waals surface area contributed by atoms with Crippen molar-refractivity contribution in [3.8, 4) is 0 Å². The van der Waals surface area contributed by atoms with Crippen LogP contribution in [-0.4, -0.2) is 24.0 Å². The number of rotatable bonds is 3. The maximum atomic E-state index is 13.3. The Bertz CT molecular complexity index is 936. The van der Waals surface area contributed by atoms with Crippen molar-refractivity contribution in [2.24, 2.45) is 5.92 Å². The first-order valence-electron chi connectivity index (χ1n) is 8.46. The van der Waals surface area contributed by atoms with Crippen LogP contribution in [0.15, 0.2) is 42.5 Å². The number of fused-ring (bicyclic) bond motifs is 1. The monoisotopic (exact) mass is 389 g/mol. The topological polar surface area (TPSA) is 45.2 Å². The molecule has 134 valence electrons. The van der Waals surface area contributed by atoms with E-state index in [1.54, 1.807) is 30.3 Å². The van der Waals surface area contributed by atoms with Gasteiger partial charge in [-0.2, -0.15) is 0 Å². The average Bonchev–Trinajstić information content (AvgIpc) is 3.07. The Morgan fingerprint density at radius 3 is 2.65 bits per heavy atom. The number of anilines is 2. The van der Waals surface area contributed by atoms with Crippen LogP contribution in [0.2, 0.25) is 5.02 Å². The summed E-state index contributed by atoms with van der Waals surface area (Å²) in [6.45, 7) is 1.53. The summed E-state index contributed by atoms with van der Waals surface area (Å²) in [5.74, 6) is -0.225. The summed E-state index contributed by atoms with van der Waals surface area (Å²) in [7, 11) is 0. The third-order valence-corrected chi connectivity index (χ3v) is 5.92. The normalized spacial score (nSPS) is 15.4. The second kappa shape index (κ2) is 7.21. The van der Waals surface area contributed by atoms with Gasteiger partial charge in [-0.15, -0.1) is 0 Å². The van der Waals surface area contributed by atoms with E-state index in [2.05, 4.69) is 15.2 Å². The first-order valence-corrected chi connectivity index (χ1v) is 9.65. The maximum Gasteiger partial charge on any atom is 0.227 e. The minimum Gasteiger partial charge on any atom is -0.348 e. The standard InChI is InChI=1S/C19H17ClFN3OS/c20-13-1-4-15(5-2-13)22-18(25)12-7-9-24(10-8-12)19-23-16-6-3-14(21)11-17(16)26-19/h1-6,11-12H,7-10H2,(H,22,25). The molecular formula is C19H17ClFN3OS. The summed E-state index contributed by atoms with van der Waals surface area (Å²) < 4.78 is 14.2. The third-order valence-electron chi connectivity index (χ3n) is 4.59. The predicted octanol–water partition coefficient (Wildman–Crippen LogP) is 4.94. The minimum absolute atomic E-state index is 0.0197. The highest BCUT2D eigenvalue weighted by atomic mass is 35.5. The van der Waals surface area contributed by atoms with Crippen molar-refractivity contribution >= 4 is 49.9 Å². The van der Waals surface area contributed by atoms with E-state index in [1.165, 1.54) is 23.5 Å². The largest absolute Gasteiger partial charge is 0.348 e. The Morgan fingerprint density at radius 1 is 1.19 bits per heavy atom. The number of piperidine rings is 1. The van der Waals surface area contributed by atoms with E-state index in [4.69, 9.17) is 11.6 Å². The summed E-state index contributed by atoms with van der Waals surface area (Å²) in [6.07, 6.45) is 1.54. The quantitative estimate of drug-likeness (QED) is 0.689. The van der Waals surface area contributed by atoms with E-state index in [9.17, 15) is 9.18 Å². The molecule has 0 bridgehead atoms. The molecule has 0 spiro atoms. The van der Waals surface area contributed by atoms with Crippen LogP contribution in [-0.2, 0) is 4.79 Å². The van der Waals surface area contributed by atoms with E-state index in [1.807, 2.05) is 0 Å². The van der Waals surface area contributed by atoms with Crippen molar-refractivity contribution in [1.82, 2.24) is 4.98 Å². The summed E-state index contributed by atoms with van der Waals surface area (Å²) in [4.78, 5) is 19.2. The van der Waals surface area contributed by atoms with Gasteiger partial charge in [-0.3, -0.25) is 4.79 Å². The number of benzene rings is 2. The molecule has 2 aromatic carbocycles. The lowest BCUT2D eigenvalue weighted by Crippen LogP contribution is -2.38. The van der Waals surface area contributed by atoms with Crippen LogP contribution < -0.4 is 10.2 Å². The Labute approximate surface area is 159 Å². The number of hydrogen-bond acceptors (Lipinski definition) is 4. The van der Waals surface area contributed by atoms with Crippen LogP contribution in [0.4, 0.5) is 15.2 Å². The zero-order chi connectivity index (χ0) is 18.1. The number of nitrogens with one attached hydrogen (secondary N) is 1. The van der Waals surface area contributed by atoms with Crippen LogP contribution in [0.25, 0.3) is 10.2 Å². The molecular weight excluding hydrogens is 373 g/mol. The molecule has 1 aliphatic rings. The number of hydrogen-bond donors (Lipinski definition) is 1. The molecule has 4 rings (SSSR count). The first kappa shape index (κ1) is 17.2. The second-order valence-electron chi connectivity index (χ2n) is 6.37. The van der Waals surface area contributed by atoms with E-state index in [0.717, 1.165) is 47.0 Å². The number of carbonyl (C=O) groups excluding carboxylic acids is 1. The van der Waals surface area contributed by atoms with Crippen LogP contribution in [0.1, 0.15) is 12.8 Å². The fraction of sp³-hybridized carbons (Fsp3) is 0.263. The molecule has 26 heavy (non-hydrogen) atoms. The van der Waals surface area contributed by atoms with Gasteiger partial charge in [0.1, 0.15) is 5.82 Å². The number of halogens is 2. The van der Waals surface area contributed by atoms with Gasteiger partial charge in [0.05, 0.1) is 10.2 Å². The molecule has 1 aromatic heterocycles. The fourth-order valence-corrected chi connectivity index (χ4v) is 4.30. The predicted molar refractivity (Wildman–Crippen MR) is 105 cm³/mol. The van der Waals surface area contributed by atoms with Crippen LogP contribution in [0.3, 0.4) is 0 Å². The molecule has 1 aliphatic heterocycles. The highest BCUT2D eigenvalue weighted by molar-refractivity contribution is 7.22. The molecule has 0 radical (unpaired) electrons. The molecule has 0 unspecified atom stereocenters.